The van der Waals surface area contributed by atoms with Crippen LogP contribution in [0.3, 0.4) is 0 Å². The molecule has 0 saturated heterocycles. The summed E-state index contributed by atoms with van der Waals surface area (Å²) in [6.45, 7) is 3.88. The molecule has 0 aromatic heterocycles. The van der Waals surface area contributed by atoms with E-state index >= 15 is 0 Å². The molecular formula is C13H20N2O3. The van der Waals surface area contributed by atoms with Gasteiger partial charge in [-0.1, -0.05) is 6.07 Å². The maximum absolute atomic E-state index is 11.0. The van der Waals surface area contributed by atoms with Crippen molar-refractivity contribution in [2.24, 2.45) is 5.73 Å². The first-order chi connectivity index (χ1) is 8.42. The third-order valence-electron chi connectivity index (χ3n) is 2.98. The van der Waals surface area contributed by atoms with E-state index in [1.165, 1.54) is 0 Å². The number of nitrogens with one attached hydrogen (secondary N) is 1. The topological polar surface area (TPSA) is 84.6 Å². The number of carboxylic acids is 1. The molecule has 4 N–H and O–H groups in total. The molecule has 2 unspecified atom stereocenters. The summed E-state index contributed by atoms with van der Waals surface area (Å²) in [5.74, 6) is -0.389. The van der Waals surface area contributed by atoms with Crippen molar-refractivity contribution in [3.63, 3.8) is 0 Å². The van der Waals surface area contributed by atoms with Crippen molar-refractivity contribution in [2.75, 3.05) is 14.2 Å². The van der Waals surface area contributed by atoms with Crippen LogP contribution < -0.4 is 15.8 Å². The molecule has 5 nitrogen and oxygen atoms in total. The van der Waals surface area contributed by atoms with Gasteiger partial charge in [0.15, 0.2) is 0 Å². The van der Waals surface area contributed by atoms with Crippen molar-refractivity contribution in [1.82, 2.24) is 5.32 Å². The molecule has 5 heteroatoms. The average Bonchev–Trinajstić information content (AvgIpc) is 2.31. The lowest BCUT2D eigenvalue weighted by Gasteiger charge is -2.25. The Morgan fingerprint density at radius 1 is 1.44 bits per heavy atom. The zero-order valence-corrected chi connectivity index (χ0v) is 11.2. The van der Waals surface area contributed by atoms with Crippen LogP contribution >= 0.6 is 0 Å². The van der Waals surface area contributed by atoms with E-state index in [1.807, 2.05) is 26.0 Å². The van der Waals surface area contributed by atoms with Gasteiger partial charge < -0.3 is 20.9 Å². The highest BCUT2D eigenvalue weighted by atomic mass is 16.5. The van der Waals surface area contributed by atoms with Crippen LogP contribution in [-0.4, -0.2) is 31.3 Å². The van der Waals surface area contributed by atoms with E-state index in [9.17, 15) is 4.79 Å². The summed E-state index contributed by atoms with van der Waals surface area (Å²) < 4.78 is 5.33. The van der Waals surface area contributed by atoms with Gasteiger partial charge in [0.2, 0.25) is 0 Å². The van der Waals surface area contributed by atoms with E-state index in [0.29, 0.717) is 5.75 Å². The smallest absolute Gasteiger partial charge is 0.322 e. The molecule has 0 saturated carbocycles. The van der Waals surface area contributed by atoms with Gasteiger partial charge in [-0.2, -0.15) is 0 Å². The summed E-state index contributed by atoms with van der Waals surface area (Å²) in [6.07, 6.45) is 0. The number of rotatable bonds is 5. The first-order valence-electron chi connectivity index (χ1n) is 5.73. The van der Waals surface area contributed by atoms with Crippen LogP contribution in [0.5, 0.6) is 5.75 Å². The molecule has 2 atom stereocenters. The molecule has 1 aromatic rings. The number of likely N-dealkylation sites (N-methyl/N-ethyl adjacent to an activating group) is 1. The number of nitrogens with two attached hydrogens (primary N) is 1. The van der Waals surface area contributed by atoms with E-state index in [4.69, 9.17) is 15.6 Å². The van der Waals surface area contributed by atoms with Crippen LogP contribution in [0.25, 0.3) is 0 Å². The van der Waals surface area contributed by atoms with Gasteiger partial charge in [-0.15, -0.1) is 0 Å². The minimum atomic E-state index is -1.05. The molecule has 0 radical (unpaired) electrons. The molecule has 0 aliphatic heterocycles. The van der Waals surface area contributed by atoms with E-state index < -0.39 is 18.1 Å². The highest BCUT2D eigenvalue weighted by Gasteiger charge is 2.28. The Morgan fingerprint density at radius 2 is 2.06 bits per heavy atom. The van der Waals surface area contributed by atoms with E-state index in [2.05, 4.69) is 5.32 Å². The second kappa shape index (κ2) is 5.84. The average molecular weight is 252 g/mol. The van der Waals surface area contributed by atoms with Gasteiger partial charge in [0, 0.05) is 5.56 Å². The third-order valence-corrected chi connectivity index (χ3v) is 2.98. The fourth-order valence-corrected chi connectivity index (χ4v) is 2.15. The Balaban J connectivity index is 3.32. The van der Waals surface area contributed by atoms with Crippen molar-refractivity contribution in [3.05, 3.63) is 28.8 Å². The molecule has 0 spiro atoms. The minimum Gasteiger partial charge on any atom is -0.496 e. The fourth-order valence-electron chi connectivity index (χ4n) is 2.15. The van der Waals surface area contributed by atoms with Crippen LogP contribution in [0.15, 0.2) is 12.1 Å². The van der Waals surface area contributed by atoms with Gasteiger partial charge in [-0.3, -0.25) is 4.79 Å². The Bertz CT molecular complexity index is 446. The second-order valence-corrected chi connectivity index (χ2v) is 4.33. The lowest BCUT2D eigenvalue weighted by Crippen LogP contribution is -2.42. The lowest BCUT2D eigenvalue weighted by molar-refractivity contribution is -0.139. The maximum atomic E-state index is 11.0. The quantitative estimate of drug-likeness (QED) is 0.727. The van der Waals surface area contributed by atoms with Crippen molar-refractivity contribution >= 4 is 5.97 Å². The Labute approximate surface area is 107 Å². The first kappa shape index (κ1) is 14.5. The normalized spacial score (nSPS) is 14.1. The SMILES string of the molecule is CNC(c1c(C)cc(C)cc1OC)C(N)C(=O)O. The van der Waals surface area contributed by atoms with Crippen LogP contribution in [0.4, 0.5) is 0 Å². The van der Waals surface area contributed by atoms with Gasteiger partial charge in [-0.05, 0) is 38.1 Å². The van der Waals surface area contributed by atoms with Crippen molar-refractivity contribution in [3.8, 4) is 5.75 Å². The number of carbonyl (C=O) groups is 1. The molecule has 18 heavy (non-hydrogen) atoms. The summed E-state index contributed by atoms with van der Waals surface area (Å²) >= 11 is 0. The molecule has 0 bridgehead atoms. The lowest BCUT2D eigenvalue weighted by atomic mass is 9.93. The number of ether oxygens (including phenoxy) is 1. The number of methoxy groups -OCH3 is 1. The molecule has 0 amide bonds. The predicted molar refractivity (Wildman–Crippen MR) is 69.9 cm³/mol. The van der Waals surface area contributed by atoms with E-state index in [1.54, 1.807) is 14.2 Å². The van der Waals surface area contributed by atoms with Gasteiger partial charge in [-0.25, -0.2) is 0 Å². The molecule has 0 aliphatic rings. The van der Waals surface area contributed by atoms with Crippen LogP contribution in [0.2, 0.25) is 0 Å². The Morgan fingerprint density at radius 3 is 2.50 bits per heavy atom. The molecule has 0 aliphatic carbocycles. The number of carboxylic acid groups (broad SMARTS) is 1. The number of hydrogen-bond acceptors (Lipinski definition) is 4. The van der Waals surface area contributed by atoms with Crippen molar-refractivity contribution < 1.29 is 14.6 Å². The Hall–Kier alpha value is -1.59. The molecule has 100 valence electrons. The highest BCUT2D eigenvalue weighted by Crippen LogP contribution is 2.31. The monoisotopic (exact) mass is 252 g/mol. The zero-order valence-electron chi connectivity index (χ0n) is 11.2. The van der Waals surface area contributed by atoms with Gasteiger partial charge >= 0.3 is 5.97 Å². The van der Waals surface area contributed by atoms with Crippen LogP contribution in [0, 0.1) is 13.8 Å². The van der Waals surface area contributed by atoms with Crippen LogP contribution in [0.1, 0.15) is 22.7 Å². The summed E-state index contributed by atoms with van der Waals surface area (Å²) in [7, 11) is 3.25. The Kier molecular flexibility index (Phi) is 4.69. The first-order valence-corrected chi connectivity index (χ1v) is 5.73. The number of hydrogen-bond donors (Lipinski definition) is 3. The summed E-state index contributed by atoms with van der Waals surface area (Å²) in [5.41, 5.74) is 8.53. The largest absolute Gasteiger partial charge is 0.496 e. The summed E-state index contributed by atoms with van der Waals surface area (Å²) in [4.78, 5) is 11.0. The van der Waals surface area contributed by atoms with Gasteiger partial charge in [0.1, 0.15) is 11.8 Å². The predicted octanol–water partition coefficient (Wildman–Crippen LogP) is 0.984. The zero-order chi connectivity index (χ0) is 13.9. The van der Waals surface area contributed by atoms with Crippen molar-refractivity contribution in [1.29, 1.82) is 0 Å². The molecular weight excluding hydrogens is 232 g/mol. The molecule has 1 rings (SSSR count). The van der Waals surface area contributed by atoms with E-state index in [0.717, 1.165) is 16.7 Å². The third kappa shape index (κ3) is 2.80. The van der Waals surface area contributed by atoms with Crippen molar-refractivity contribution in [2.45, 2.75) is 25.9 Å². The summed E-state index contributed by atoms with van der Waals surface area (Å²) in [5, 5.41) is 12.0. The fraction of sp³-hybridized carbons (Fsp3) is 0.462. The molecule has 1 aromatic carbocycles. The number of benzene rings is 1. The maximum Gasteiger partial charge on any atom is 0.322 e. The number of aryl methyl sites for hydroxylation is 2. The molecule has 0 heterocycles. The highest BCUT2D eigenvalue weighted by molar-refractivity contribution is 5.75. The summed E-state index contributed by atoms with van der Waals surface area (Å²) in [6, 6.07) is 2.35. The van der Waals surface area contributed by atoms with Gasteiger partial charge in [0.05, 0.1) is 13.2 Å². The van der Waals surface area contributed by atoms with E-state index in [-0.39, 0.29) is 0 Å². The number of aliphatic carboxylic acids is 1. The van der Waals surface area contributed by atoms with Gasteiger partial charge in [0.25, 0.3) is 0 Å². The standard InChI is InChI=1S/C13H20N2O3/c1-7-5-8(2)10(9(6-7)18-4)12(15-3)11(14)13(16)17/h5-6,11-12,15H,14H2,1-4H3,(H,16,17). The van der Waals surface area contributed by atoms with Crippen LogP contribution in [-0.2, 0) is 4.79 Å². The second-order valence-electron chi connectivity index (χ2n) is 4.33. The minimum absolute atomic E-state index is 0.488. The molecule has 0 fully saturated rings.